The van der Waals surface area contributed by atoms with Crippen molar-refractivity contribution >= 4 is 5.97 Å². The molecule has 0 radical (unpaired) electrons. The molecule has 37 heavy (non-hydrogen) atoms. The first-order valence-corrected chi connectivity index (χ1v) is 12.2. The van der Waals surface area contributed by atoms with Gasteiger partial charge in [-0.1, -0.05) is 25.1 Å². The van der Waals surface area contributed by atoms with E-state index in [-0.39, 0.29) is 13.6 Å². The number of ether oxygens (including phenoxy) is 6. The number of carbonyl (C=O) groups is 1. The molecule has 1 aliphatic heterocycles. The third kappa shape index (κ3) is 4.64. The molecule has 0 bridgehead atoms. The normalized spacial score (nSPS) is 19.4. The number of carboxylic acids is 1. The first kappa shape index (κ1) is 24.8. The summed E-state index contributed by atoms with van der Waals surface area (Å²) >= 11 is 0. The van der Waals surface area contributed by atoms with Gasteiger partial charge in [0.1, 0.15) is 17.2 Å². The zero-order chi connectivity index (χ0) is 25.9. The molecule has 0 aromatic heterocycles. The third-order valence-electron chi connectivity index (χ3n) is 6.85. The molecule has 1 heterocycles. The number of methoxy groups -OCH3 is 2. The van der Waals surface area contributed by atoms with Gasteiger partial charge in [0, 0.05) is 30.6 Å². The Hall–Kier alpha value is -3.91. The van der Waals surface area contributed by atoms with Gasteiger partial charge in [0.25, 0.3) is 0 Å². The highest BCUT2D eigenvalue weighted by Gasteiger charge is 2.48. The molecule has 3 aromatic rings. The smallest absolute Gasteiger partial charge is 0.308 e. The summed E-state index contributed by atoms with van der Waals surface area (Å²) in [6.45, 7) is 2.78. The maximum Gasteiger partial charge on any atom is 0.308 e. The van der Waals surface area contributed by atoms with Gasteiger partial charge in [0.05, 0.1) is 19.6 Å². The highest BCUT2D eigenvalue weighted by Crippen LogP contribution is 2.56. The fourth-order valence-corrected chi connectivity index (χ4v) is 5.28. The summed E-state index contributed by atoms with van der Waals surface area (Å²) in [4.78, 5) is 13.0. The Balaban J connectivity index is 1.69. The molecule has 0 spiro atoms. The Morgan fingerprint density at radius 2 is 1.68 bits per heavy atom. The first-order chi connectivity index (χ1) is 18.0. The van der Waals surface area contributed by atoms with Crippen LogP contribution in [-0.2, 0) is 9.53 Å². The second-order valence-corrected chi connectivity index (χ2v) is 9.03. The lowest BCUT2D eigenvalue weighted by molar-refractivity contribution is -0.142. The number of aliphatic carboxylic acids is 1. The molecule has 8 heteroatoms. The molecule has 1 N–H and O–H groups in total. The van der Waals surface area contributed by atoms with E-state index in [1.165, 1.54) is 7.11 Å². The van der Waals surface area contributed by atoms with Gasteiger partial charge < -0.3 is 33.5 Å². The summed E-state index contributed by atoms with van der Waals surface area (Å²) in [5, 5.41) is 10.6. The molecule has 0 saturated heterocycles. The summed E-state index contributed by atoms with van der Waals surface area (Å²) < 4.78 is 33.5. The Labute approximate surface area is 215 Å². The van der Waals surface area contributed by atoms with E-state index < -0.39 is 23.7 Å². The Morgan fingerprint density at radius 1 is 0.892 bits per heavy atom. The van der Waals surface area contributed by atoms with Crippen molar-refractivity contribution < 1.29 is 38.3 Å². The van der Waals surface area contributed by atoms with Gasteiger partial charge in [-0.2, -0.15) is 0 Å². The van der Waals surface area contributed by atoms with Crippen LogP contribution < -0.4 is 23.7 Å². The number of hydrogen-bond donors (Lipinski definition) is 1. The summed E-state index contributed by atoms with van der Waals surface area (Å²) in [5.74, 6) is 0.428. The molecule has 0 amide bonds. The lowest BCUT2D eigenvalue weighted by Gasteiger charge is -2.24. The summed E-state index contributed by atoms with van der Waals surface area (Å²) in [5.41, 5.74) is 3.39. The molecule has 2 aliphatic rings. The van der Waals surface area contributed by atoms with E-state index in [1.807, 2.05) is 55.5 Å². The van der Waals surface area contributed by atoms with E-state index in [1.54, 1.807) is 13.2 Å². The Kier molecular flexibility index (Phi) is 7.10. The minimum absolute atomic E-state index is 0.0166. The van der Waals surface area contributed by atoms with Gasteiger partial charge in [0.2, 0.25) is 6.79 Å². The average molecular weight is 507 g/mol. The molecular weight excluding hydrogens is 476 g/mol. The number of hydrogen-bond acceptors (Lipinski definition) is 7. The van der Waals surface area contributed by atoms with Crippen LogP contribution in [0.15, 0.2) is 54.6 Å². The second kappa shape index (κ2) is 10.6. The fourth-order valence-electron chi connectivity index (χ4n) is 5.28. The fraction of sp³-hybridized carbons (Fsp3) is 0.345. The maximum absolute atomic E-state index is 13.0. The summed E-state index contributed by atoms with van der Waals surface area (Å²) in [6, 6.07) is 16.9. The Bertz CT molecular complexity index is 1290. The van der Waals surface area contributed by atoms with E-state index in [0.29, 0.717) is 35.4 Å². The molecule has 8 nitrogen and oxygen atoms in total. The predicted molar refractivity (Wildman–Crippen MR) is 135 cm³/mol. The topological polar surface area (TPSA) is 92.7 Å². The minimum atomic E-state index is -0.909. The Morgan fingerprint density at radius 3 is 2.43 bits per heavy atom. The van der Waals surface area contributed by atoms with Gasteiger partial charge in [-0.3, -0.25) is 4.79 Å². The van der Waals surface area contributed by atoms with E-state index in [4.69, 9.17) is 28.4 Å². The number of benzene rings is 3. The van der Waals surface area contributed by atoms with Crippen molar-refractivity contribution in [3.8, 4) is 28.7 Å². The standard InChI is InChI=1S/C29H30O8/c1-4-11-34-19-7-8-20-22(13-19)27(21-9-6-18(33-3)14-24(21)35-15-32-2)28(29(30)31)26(20)17-5-10-23-25(12-17)37-16-36-23/h5-10,12-14,26-28H,4,11,15-16H2,1-3H3,(H,30,31)/t26-,27+,28-/m0/s1. The number of carboxylic acid groups (broad SMARTS) is 1. The van der Waals surface area contributed by atoms with Crippen LogP contribution in [0, 0.1) is 5.92 Å². The molecule has 0 saturated carbocycles. The van der Waals surface area contributed by atoms with E-state index >= 15 is 0 Å². The van der Waals surface area contributed by atoms with Crippen LogP contribution in [0.3, 0.4) is 0 Å². The molecule has 194 valence electrons. The third-order valence-corrected chi connectivity index (χ3v) is 6.85. The molecular formula is C29H30O8. The zero-order valence-corrected chi connectivity index (χ0v) is 21.1. The summed E-state index contributed by atoms with van der Waals surface area (Å²) in [6.07, 6.45) is 0.867. The molecule has 1 aliphatic carbocycles. The highest BCUT2D eigenvalue weighted by molar-refractivity contribution is 5.78. The van der Waals surface area contributed by atoms with Crippen LogP contribution in [0.1, 0.15) is 47.4 Å². The summed E-state index contributed by atoms with van der Waals surface area (Å²) in [7, 11) is 3.12. The first-order valence-electron chi connectivity index (χ1n) is 12.2. The largest absolute Gasteiger partial charge is 0.497 e. The van der Waals surface area contributed by atoms with Gasteiger partial charge >= 0.3 is 5.97 Å². The maximum atomic E-state index is 13.0. The van der Waals surface area contributed by atoms with Crippen molar-refractivity contribution in [1.82, 2.24) is 0 Å². The second-order valence-electron chi connectivity index (χ2n) is 9.03. The van der Waals surface area contributed by atoms with Crippen LogP contribution in [-0.4, -0.2) is 45.5 Å². The number of rotatable bonds is 10. The van der Waals surface area contributed by atoms with Gasteiger partial charge in [-0.25, -0.2) is 0 Å². The highest BCUT2D eigenvalue weighted by atomic mass is 16.7. The molecule has 3 atom stereocenters. The van der Waals surface area contributed by atoms with Gasteiger partial charge in [-0.15, -0.1) is 0 Å². The van der Waals surface area contributed by atoms with Crippen molar-refractivity contribution in [2.45, 2.75) is 25.2 Å². The van der Waals surface area contributed by atoms with Crippen LogP contribution in [0.5, 0.6) is 28.7 Å². The van der Waals surface area contributed by atoms with Gasteiger partial charge in [-0.05, 0) is 53.4 Å². The zero-order valence-electron chi connectivity index (χ0n) is 21.1. The molecule has 5 rings (SSSR count). The number of fused-ring (bicyclic) bond motifs is 2. The lowest BCUT2D eigenvalue weighted by atomic mass is 9.79. The van der Waals surface area contributed by atoms with Crippen molar-refractivity contribution in [2.75, 3.05) is 34.4 Å². The lowest BCUT2D eigenvalue weighted by Crippen LogP contribution is -2.24. The minimum Gasteiger partial charge on any atom is -0.497 e. The van der Waals surface area contributed by atoms with Crippen LogP contribution in [0.25, 0.3) is 0 Å². The van der Waals surface area contributed by atoms with E-state index in [0.717, 1.165) is 28.7 Å². The van der Waals surface area contributed by atoms with E-state index in [2.05, 4.69) is 0 Å². The van der Waals surface area contributed by atoms with Crippen molar-refractivity contribution in [1.29, 1.82) is 0 Å². The van der Waals surface area contributed by atoms with Crippen LogP contribution >= 0.6 is 0 Å². The van der Waals surface area contributed by atoms with Crippen molar-refractivity contribution in [2.24, 2.45) is 5.92 Å². The molecule has 0 unspecified atom stereocenters. The molecule has 0 fully saturated rings. The average Bonchev–Trinajstić information content (AvgIpc) is 3.52. The van der Waals surface area contributed by atoms with Crippen LogP contribution in [0.2, 0.25) is 0 Å². The van der Waals surface area contributed by atoms with Crippen molar-refractivity contribution in [3.63, 3.8) is 0 Å². The van der Waals surface area contributed by atoms with Gasteiger partial charge in [0.15, 0.2) is 18.3 Å². The SMILES string of the molecule is CCCOc1ccc2c(c1)[C@@H](c1ccc(OC)cc1OCOC)[C@@H](C(=O)O)[C@H]2c1ccc2c(c1)OCO2. The van der Waals surface area contributed by atoms with Crippen LogP contribution in [0.4, 0.5) is 0 Å². The quantitative estimate of drug-likeness (QED) is 0.377. The van der Waals surface area contributed by atoms with Crippen molar-refractivity contribution in [3.05, 3.63) is 76.9 Å². The predicted octanol–water partition coefficient (Wildman–Crippen LogP) is 5.17. The monoisotopic (exact) mass is 506 g/mol. The molecule has 3 aromatic carbocycles. The van der Waals surface area contributed by atoms with E-state index in [9.17, 15) is 9.90 Å².